The number of fused-ring (bicyclic) bond motifs is 1. The number of aromatic nitrogens is 1. The molecular weight excluding hydrogens is 389 g/mol. The smallest absolute Gasteiger partial charge is 0.497 e. The number of hydrogen-bond donors (Lipinski definition) is 2. The Morgan fingerprint density at radius 1 is 1.14 bits per heavy atom. The monoisotopic (exact) mass is 406 g/mol. The van der Waals surface area contributed by atoms with Crippen molar-refractivity contribution < 1.29 is 32.5 Å². The van der Waals surface area contributed by atoms with Crippen LogP contribution >= 0.6 is 0 Å². The van der Waals surface area contributed by atoms with Crippen LogP contribution in [0.2, 0.25) is 0 Å². The second-order valence-electron chi connectivity index (χ2n) is 6.02. The van der Waals surface area contributed by atoms with Gasteiger partial charge in [0.2, 0.25) is 0 Å². The van der Waals surface area contributed by atoms with E-state index >= 15 is 0 Å². The molecule has 2 aromatic carbocycles. The van der Waals surface area contributed by atoms with Gasteiger partial charge >= 0.3 is 6.36 Å². The molecule has 152 valence electrons. The number of hydrogen-bond acceptors (Lipinski definition) is 5. The van der Waals surface area contributed by atoms with Gasteiger partial charge in [-0.3, -0.25) is 9.78 Å². The van der Waals surface area contributed by atoms with E-state index in [-0.39, 0.29) is 24.8 Å². The average Bonchev–Trinajstić information content (AvgIpc) is 2.70. The lowest BCUT2D eigenvalue weighted by Gasteiger charge is -2.12. The summed E-state index contributed by atoms with van der Waals surface area (Å²) in [5.74, 6) is -0.214. The van der Waals surface area contributed by atoms with E-state index in [0.29, 0.717) is 33.3 Å². The Bertz CT molecular complexity index is 1020. The number of alkyl halides is 3. The number of pyridine rings is 1. The SMILES string of the molecule is COc1cc(-c2ccc(OC(F)(F)F)cc2)c2ncc(C(=O)NCCO)cc2c1. The van der Waals surface area contributed by atoms with Crippen molar-refractivity contribution in [1.29, 1.82) is 0 Å². The summed E-state index contributed by atoms with van der Waals surface area (Å²) >= 11 is 0. The molecule has 0 bridgehead atoms. The topological polar surface area (TPSA) is 80.7 Å². The molecular formula is C20H17F3N2O4. The van der Waals surface area contributed by atoms with Gasteiger partial charge in [-0.1, -0.05) is 12.1 Å². The third-order valence-electron chi connectivity index (χ3n) is 4.05. The maximum Gasteiger partial charge on any atom is 0.573 e. The molecule has 0 fully saturated rings. The number of nitrogens with zero attached hydrogens (tertiary/aromatic N) is 1. The number of benzene rings is 2. The highest BCUT2D eigenvalue weighted by Crippen LogP contribution is 2.34. The first kappa shape index (κ1) is 20.4. The van der Waals surface area contributed by atoms with Crippen LogP contribution in [-0.2, 0) is 0 Å². The largest absolute Gasteiger partial charge is 0.573 e. The Labute approximate surface area is 163 Å². The summed E-state index contributed by atoms with van der Waals surface area (Å²) in [5, 5.41) is 12.0. The lowest BCUT2D eigenvalue weighted by atomic mass is 10.0. The molecule has 1 aromatic heterocycles. The number of ether oxygens (including phenoxy) is 2. The van der Waals surface area contributed by atoms with Gasteiger partial charge < -0.3 is 19.9 Å². The number of aliphatic hydroxyl groups excluding tert-OH is 1. The van der Waals surface area contributed by atoms with Crippen LogP contribution in [0, 0.1) is 0 Å². The van der Waals surface area contributed by atoms with Crippen LogP contribution in [0.4, 0.5) is 13.2 Å². The van der Waals surface area contributed by atoms with Gasteiger partial charge in [-0.25, -0.2) is 0 Å². The third-order valence-corrected chi connectivity index (χ3v) is 4.05. The maximum atomic E-state index is 12.4. The molecule has 9 heteroatoms. The predicted octanol–water partition coefficient (Wildman–Crippen LogP) is 3.53. The number of rotatable bonds is 6. The number of carbonyl (C=O) groups excluding carboxylic acids is 1. The van der Waals surface area contributed by atoms with Crippen molar-refractivity contribution in [1.82, 2.24) is 10.3 Å². The Morgan fingerprint density at radius 3 is 2.48 bits per heavy atom. The minimum atomic E-state index is -4.77. The Kier molecular flexibility index (Phi) is 5.88. The molecule has 0 atom stereocenters. The number of amides is 1. The van der Waals surface area contributed by atoms with Crippen molar-refractivity contribution in [2.45, 2.75) is 6.36 Å². The molecule has 0 aliphatic carbocycles. The molecule has 0 unspecified atom stereocenters. The van der Waals surface area contributed by atoms with Gasteiger partial charge in [-0.15, -0.1) is 13.2 Å². The molecule has 0 spiro atoms. The molecule has 0 aliphatic heterocycles. The van der Waals surface area contributed by atoms with Gasteiger partial charge in [0.15, 0.2) is 0 Å². The summed E-state index contributed by atoms with van der Waals surface area (Å²) < 4.78 is 46.3. The molecule has 0 saturated carbocycles. The second kappa shape index (κ2) is 8.36. The Hall–Kier alpha value is -3.33. The van der Waals surface area contributed by atoms with Crippen molar-refractivity contribution in [3.63, 3.8) is 0 Å². The number of nitrogens with one attached hydrogen (secondary N) is 1. The third kappa shape index (κ3) is 4.94. The predicted molar refractivity (Wildman–Crippen MR) is 99.8 cm³/mol. The summed E-state index contributed by atoms with van der Waals surface area (Å²) in [6.45, 7) is -0.0641. The zero-order chi connectivity index (χ0) is 21.0. The number of halogens is 3. The molecule has 2 N–H and O–H groups in total. The fourth-order valence-electron chi connectivity index (χ4n) is 2.79. The van der Waals surface area contributed by atoms with E-state index in [1.165, 1.54) is 37.6 Å². The summed E-state index contributed by atoms with van der Waals surface area (Å²) in [5.41, 5.74) is 2.08. The molecule has 1 amide bonds. The number of aliphatic hydroxyl groups is 1. The van der Waals surface area contributed by atoms with Crippen LogP contribution < -0.4 is 14.8 Å². The van der Waals surface area contributed by atoms with Crippen molar-refractivity contribution in [3.8, 4) is 22.6 Å². The quantitative estimate of drug-likeness (QED) is 0.655. The molecule has 3 rings (SSSR count). The van der Waals surface area contributed by atoms with Gasteiger partial charge in [0.05, 0.1) is 24.8 Å². The number of methoxy groups -OCH3 is 1. The summed E-state index contributed by atoms with van der Waals surface area (Å²) in [6.07, 6.45) is -3.37. The van der Waals surface area contributed by atoms with E-state index < -0.39 is 6.36 Å². The zero-order valence-corrected chi connectivity index (χ0v) is 15.3. The van der Waals surface area contributed by atoms with Crippen LogP contribution in [0.15, 0.2) is 48.7 Å². The highest BCUT2D eigenvalue weighted by molar-refractivity contribution is 6.01. The molecule has 0 saturated heterocycles. The fraction of sp³-hybridized carbons (Fsp3) is 0.200. The van der Waals surface area contributed by atoms with E-state index in [1.807, 2.05) is 0 Å². The van der Waals surface area contributed by atoms with Gasteiger partial charge in [0.25, 0.3) is 5.91 Å². The molecule has 6 nitrogen and oxygen atoms in total. The van der Waals surface area contributed by atoms with Gasteiger partial charge in [0, 0.05) is 23.7 Å². The first-order valence-electron chi connectivity index (χ1n) is 8.54. The van der Waals surface area contributed by atoms with Gasteiger partial charge in [-0.05, 0) is 35.9 Å². The first-order valence-corrected chi connectivity index (χ1v) is 8.54. The van der Waals surface area contributed by atoms with E-state index in [9.17, 15) is 18.0 Å². The van der Waals surface area contributed by atoms with Crippen molar-refractivity contribution in [2.24, 2.45) is 0 Å². The summed E-state index contributed by atoms with van der Waals surface area (Å²) in [4.78, 5) is 16.5. The first-order chi connectivity index (χ1) is 13.8. The standard InChI is InChI=1S/C20H17F3N2O4/c1-28-16-9-13-8-14(19(27)24-6-7-26)11-25-18(13)17(10-16)12-2-4-15(5-3-12)29-20(21,22)23/h2-5,8-11,26H,6-7H2,1H3,(H,24,27). The molecule has 0 radical (unpaired) electrons. The van der Waals surface area contributed by atoms with E-state index in [2.05, 4.69) is 15.0 Å². The van der Waals surface area contributed by atoms with E-state index in [0.717, 1.165) is 0 Å². The molecule has 0 aliphatic rings. The fourth-order valence-corrected chi connectivity index (χ4v) is 2.79. The van der Waals surface area contributed by atoms with Crippen LogP contribution in [0.3, 0.4) is 0 Å². The normalized spacial score (nSPS) is 11.3. The van der Waals surface area contributed by atoms with E-state index in [4.69, 9.17) is 9.84 Å². The zero-order valence-electron chi connectivity index (χ0n) is 15.3. The lowest BCUT2D eigenvalue weighted by Crippen LogP contribution is -2.26. The Balaban J connectivity index is 2.02. The minimum absolute atomic E-state index is 0.118. The van der Waals surface area contributed by atoms with Crippen LogP contribution in [-0.4, -0.2) is 42.6 Å². The Morgan fingerprint density at radius 2 is 1.86 bits per heavy atom. The van der Waals surface area contributed by atoms with Crippen molar-refractivity contribution in [2.75, 3.05) is 20.3 Å². The maximum absolute atomic E-state index is 12.4. The molecule has 1 heterocycles. The molecule has 29 heavy (non-hydrogen) atoms. The highest BCUT2D eigenvalue weighted by atomic mass is 19.4. The lowest BCUT2D eigenvalue weighted by molar-refractivity contribution is -0.274. The second-order valence-corrected chi connectivity index (χ2v) is 6.02. The average molecular weight is 406 g/mol. The highest BCUT2D eigenvalue weighted by Gasteiger charge is 2.31. The van der Waals surface area contributed by atoms with Gasteiger partial charge in [-0.2, -0.15) is 0 Å². The van der Waals surface area contributed by atoms with Crippen molar-refractivity contribution >= 4 is 16.8 Å². The van der Waals surface area contributed by atoms with Crippen molar-refractivity contribution in [3.05, 3.63) is 54.2 Å². The molecule has 3 aromatic rings. The van der Waals surface area contributed by atoms with E-state index in [1.54, 1.807) is 18.2 Å². The van der Waals surface area contributed by atoms with Gasteiger partial charge in [0.1, 0.15) is 11.5 Å². The van der Waals surface area contributed by atoms with Crippen LogP contribution in [0.25, 0.3) is 22.0 Å². The summed E-state index contributed by atoms with van der Waals surface area (Å²) in [6, 6.07) is 10.4. The minimum Gasteiger partial charge on any atom is -0.497 e. The number of carbonyl (C=O) groups is 1. The summed E-state index contributed by atoms with van der Waals surface area (Å²) in [7, 11) is 1.48. The van der Waals surface area contributed by atoms with Crippen LogP contribution in [0.5, 0.6) is 11.5 Å². The van der Waals surface area contributed by atoms with Crippen LogP contribution in [0.1, 0.15) is 10.4 Å².